The standard InChI is InChI=1S/C18H14FN5O/c19-11-3-4-12(13(6-11)10-2-1-5-21-8-10)15-7-16-14(17(25)23-15)9-22-18(20)24-16/h1-6,8-9,15H,7H2,(H,23,25)(H2,20,22,24)/t15-/m1/s1. The van der Waals surface area contributed by atoms with Crippen LogP contribution in [0.2, 0.25) is 0 Å². The molecule has 0 unspecified atom stereocenters. The van der Waals surface area contributed by atoms with Gasteiger partial charge in [-0.2, -0.15) is 0 Å². The monoisotopic (exact) mass is 335 g/mol. The molecular weight excluding hydrogens is 321 g/mol. The molecule has 3 aromatic rings. The van der Waals surface area contributed by atoms with Gasteiger partial charge in [0.1, 0.15) is 5.82 Å². The van der Waals surface area contributed by atoms with E-state index < -0.39 is 0 Å². The number of fused-ring (bicyclic) bond motifs is 1. The Morgan fingerprint density at radius 2 is 2.08 bits per heavy atom. The van der Waals surface area contributed by atoms with Crippen molar-refractivity contribution in [2.45, 2.75) is 12.5 Å². The average molecular weight is 335 g/mol. The van der Waals surface area contributed by atoms with Crippen LogP contribution in [0.15, 0.2) is 48.9 Å². The van der Waals surface area contributed by atoms with E-state index >= 15 is 0 Å². The van der Waals surface area contributed by atoms with Crippen molar-refractivity contribution in [1.82, 2.24) is 20.3 Å². The van der Waals surface area contributed by atoms with Crippen molar-refractivity contribution in [2.24, 2.45) is 0 Å². The molecular formula is C18H14FN5O. The number of nitrogens with one attached hydrogen (secondary N) is 1. The van der Waals surface area contributed by atoms with Crippen LogP contribution in [0, 0.1) is 5.82 Å². The molecule has 3 heterocycles. The lowest BCUT2D eigenvalue weighted by Gasteiger charge is -2.27. The summed E-state index contributed by atoms with van der Waals surface area (Å²) < 4.78 is 13.8. The van der Waals surface area contributed by atoms with Gasteiger partial charge in [-0.05, 0) is 29.3 Å². The second kappa shape index (κ2) is 5.94. The fraction of sp³-hybridized carbons (Fsp3) is 0.111. The molecule has 0 radical (unpaired) electrons. The number of pyridine rings is 1. The first kappa shape index (κ1) is 15.2. The smallest absolute Gasteiger partial charge is 0.255 e. The summed E-state index contributed by atoms with van der Waals surface area (Å²) >= 11 is 0. The zero-order chi connectivity index (χ0) is 17.4. The van der Waals surface area contributed by atoms with Crippen LogP contribution in [0.25, 0.3) is 11.1 Å². The number of rotatable bonds is 2. The Morgan fingerprint density at radius 3 is 2.88 bits per heavy atom. The Morgan fingerprint density at radius 1 is 1.20 bits per heavy atom. The minimum Gasteiger partial charge on any atom is -0.368 e. The number of carbonyl (C=O) groups is 1. The largest absolute Gasteiger partial charge is 0.368 e. The molecule has 0 fully saturated rings. The van der Waals surface area contributed by atoms with Crippen molar-refractivity contribution in [3.05, 3.63) is 71.6 Å². The third-order valence-electron chi connectivity index (χ3n) is 4.20. The van der Waals surface area contributed by atoms with Gasteiger partial charge >= 0.3 is 0 Å². The molecule has 0 saturated carbocycles. The minimum atomic E-state index is -0.350. The van der Waals surface area contributed by atoms with E-state index in [0.29, 0.717) is 23.2 Å². The Hall–Kier alpha value is -3.35. The molecule has 1 aliphatic heterocycles. The van der Waals surface area contributed by atoms with Crippen LogP contribution < -0.4 is 11.1 Å². The van der Waals surface area contributed by atoms with E-state index in [9.17, 15) is 9.18 Å². The molecule has 25 heavy (non-hydrogen) atoms. The van der Waals surface area contributed by atoms with E-state index in [2.05, 4.69) is 20.3 Å². The van der Waals surface area contributed by atoms with Crippen LogP contribution >= 0.6 is 0 Å². The summed E-state index contributed by atoms with van der Waals surface area (Å²) in [6.07, 6.45) is 5.19. The van der Waals surface area contributed by atoms with E-state index in [0.717, 1.165) is 11.1 Å². The number of amides is 1. The van der Waals surface area contributed by atoms with Gasteiger partial charge in [0, 0.05) is 30.6 Å². The van der Waals surface area contributed by atoms with Gasteiger partial charge in [0.2, 0.25) is 5.95 Å². The minimum absolute atomic E-state index is 0.124. The number of hydrogen-bond acceptors (Lipinski definition) is 5. The lowest BCUT2D eigenvalue weighted by Crippen LogP contribution is -2.36. The van der Waals surface area contributed by atoms with Gasteiger partial charge in [0.05, 0.1) is 17.3 Å². The van der Waals surface area contributed by atoms with Crippen molar-refractivity contribution in [3.63, 3.8) is 0 Å². The number of nitrogens with two attached hydrogens (primary N) is 1. The van der Waals surface area contributed by atoms with Crippen LogP contribution in [-0.4, -0.2) is 20.9 Å². The first-order chi connectivity index (χ1) is 12.1. The maximum atomic E-state index is 13.8. The molecule has 4 rings (SSSR count). The molecule has 1 aliphatic rings. The van der Waals surface area contributed by atoms with Gasteiger partial charge in [-0.1, -0.05) is 12.1 Å². The quantitative estimate of drug-likeness (QED) is 0.749. The lowest BCUT2D eigenvalue weighted by molar-refractivity contribution is 0.0923. The highest BCUT2D eigenvalue weighted by Crippen LogP contribution is 2.32. The van der Waals surface area contributed by atoms with Crippen LogP contribution in [-0.2, 0) is 6.42 Å². The predicted molar refractivity (Wildman–Crippen MR) is 90.0 cm³/mol. The third-order valence-corrected chi connectivity index (χ3v) is 4.20. The van der Waals surface area contributed by atoms with Gasteiger partial charge in [-0.15, -0.1) is 0 Å². The van der Waals surface area contributed by atoms with E-state index in [-0.39, 0.29) is 23.7 Å². The SMILES string of the molecule is Nc1ncc2c(n1)C[C@H](c1ccc(F)cc1-c1cccnc1)NC2=O. The first-order valence-corrected chi connectivity index (χ1v) is 7.74. The summed E-state index contributed by atoms with van der Waals surface area (Å²) in [5, 5.41) is 2.94. The average Bonchev–Trinajstić information content (AvgIpc) is 2.62. The van der Waals surface area contributed by atoms with Crippen molar-refractivity contribution < 1.29 is 9.18 Å². The molecule has 124 valence electrons. The van der Waals surface area contributed by atoms with Crippen LogP contribution in [0.1, 0.15) is 27.7 Å². The van der Waals surface area contributed by atoms with Crippen LogP contribution in [0.3, 0.4) is 0 Å². The Bertz CT molecular complexity index is 961. The molecule has 1 amide bonds. The van der Waals surface area contributed by atoms with Crippen LogP contribution in [0.5, 0.6) is 0 Å². The summed E-state index contributed by atoms with van der Waals surface area (Å²) in [7, 11) is 0. The number of nitrogen functional groups attached to an aromatic ring is 1. The second-order valence-electron chi connectivity index (χ2n) is 5.79. The van der Waals surface area contributed by atoms with Crippen molar-refractivity contribution in [1.29, 1.82) is 0 Å². The van der Waals surface area contributed by atoms with Crippen LogP contribution in [0.4, 0.5) is 10.3 Å². The van der Waals surface area contributed by atoms with Crippen molar-refractivity contribution in [2.75, 3.05) is 5.73 Å². The normalized spacial score (nSPS) is 16.2. The Balaban J connectivity index is 1.80. The zero-order valence-electron chi connectivity index (χ0n) is 13.1. The topological polar surface area (TPSA) is 93.8 Å². The number of benzene rings is 1. The van der Waals surface area contributed by atoms with E-state index in [4.69, 9.17) is 5.73 Å². The fourth-order valence-electron chi connectivity index (χ4n) is 3.05. The molecule has 1 aromatic carbocycles. The van der Waals surface area contributed by atoms with Gasteiger partial charge < -0.3 is 11.1 Å². The van der Waals surface area contributed by atoms with Gasteiger partial charge in [0.15, 0.2) is 0 Å². The highest BCUT2D eigenvalue weighted by molar-refractivity contribution is 5.96. The molecule has 0 aliphatic carbocycles. The highest BCUT2D eigenvalue weighted by atomic mass is 19.1. The van der Waals surface area contributed by atoms with Gasteiger partial charge in [-0.25, -0.2) is 14.4 Å². The van der Waals surface area contributed by atoms with Gasteiger partial charge in [-0.3, -0.25) is 9.78 Å². The molecule has 1 atom stereocenters. The maximum absolute atomic E-state index is 13.8. The van der Waals surface area contributed by atoms with E-state index in [1.54, 1.807) is 24.5 Å². The molecule has 2 aromatic heterocycles. The van der Waals surface area contributed by atoms with Gasteiger partial charge in [0.25, 0.3) is 5.91 Å². The molecule has 3 N–H and O–H groups in total. The Kier molecular flexibility index (Phi) is 3.61. The summed E-state index contributed by atoms with van der Waals surface area (Å²) in [5.41, 5.74) is 8.90. The number of anilines is 1. The molecule has 7 heteroatoms. The molecule has 0 bridgehead atoms. The highest BCUT2D eigenvalue weighted by Gasteiger charge is 2.28. The summed E-state index contributed by atoms with van der Waals surface area (Å²) in [4.78, 5) is 24.5. The Labute approximate surface area is 143 Å². The van der Waals surface area contributed by atoms with Crippen molar-refractivity contribution >= 4 is 11.9 Å². The zero-order valence-corrected chi connectivity index (χ0v) is 13.1. The predicted octanol–water partition coefficient (Wildman–Crippen LogP) is 2.29. The second-order valence-corrected chi connectivity index (χ2v) is 5.79. The fourth-order valence-corrected chi connectivity index (χ4v) is 3.05. The maximum Gasteiger partial charge on any atom is 0.255 e. The molecule has 6 nitrogen and oxygen atoms in total. The third kappa shape index (κ3) is 2.80. The summed E-state index contributed by atoms with van der Waals surface area (Å²) in [6, 6.07) is 7.80. The number of aromatic nitrogens is 3. The van der Waals surface area contributed by atoms with E-state index in [1.807, 2.05) is 6.07 Å². The van der Waals surface area contributed by atoms with E-state index in [1.165, 1.54) is 18.3 Å². The lowest BCUT2D eigenvalue weighted by atomic mass is 9.90. The first-order valence-electron chi connectivity index (χ1n) is 7.74. The molecule has 0 saturated heterocycles. The number of nitrogens with zero attached hydrogens (tertiary/aromatic N) is 3. The summed E-state index contributed by atoms with van der Waals surface area (Å²) in [5.74, 6) is -0.497. The number of hydrogen-bond donors (Lipinski definition) is 2. The van der Waals surface area contributed by atoms with Crippen molar-refractivity contribution in [3.8, 4) is 11.1 Å². The number of carbonyl (C=O) groups excluding carboxylic acids is 1. The number of halogens is 1. The summed E-state index contributed by atoms with van der Waals surface area (Å²) in [6.45, 7) is 0. The molecule has 0 spiro atoms.